The number of carboxylic acid groups (broad SMARTS) is 1. The van der Waals surface area contributed by atoms with Crippen molar-refractivity contribution in [2.24, 2.45) is 0 Å². The first kappa shape index (κ1) is 16.2. The maximum atomic E-state index is 11.4. The van der Waals surface area contributed by atoms with Gasteiger partial charge in [0.2, 0.25) is 5.91 Å². The van der Waals surface area contributed by atoms with Crippen LogP contribution in [0.25, 0.3) is 0 Å². The molecule has 21 heavy (non-hydrogen) atoms. The van der Waals surface area contributed by atoms with Gasteiger partial charge in [0.1, 0.15) is 17.2 Å². The topological polar surface area (TPSA) is 78.9 Å². The van der Waals surface area contributed by atoms with E-state index in [1.807, 2.05) is 0 Å². The molecule has 0 saturated carbocycles. The number of hydrogen-bond donors (Lipinski definition) is 0. The number of thioether (sulfide) groups is 1. The molecule has 1 saturated heterocycles. The minimum atomic E-state index is -1.41. The number of ether oxygens (including phenoxy) is 2. The quantitative estimate of drug-likeness (QED) is 0.444. The molecule has 0 aliphatic carbocycles. The third kappa shape index (κ3) is 2.91. The Morgan fingerprint density at radius 1 is 1.33 bits per heavy atom. The van der Waals surface area contributed by atoms with Crippen LogP contribution in [0.1, 0.15) is 6.42 Å². The van der Waals surface area contributed by atoms with Crippen molar-refractivity contribution < 1.29 is 53.7 Å². The molecule has 0 N–H and O–H groups in total. The maximum absolute atomic E-state index is 11.4. The Morgan fingerprint density at radius 2 is 1.95 bits per heavy atom. The van der Waals surface area contributed by atoms with Gasteiger partial charge in [-0.1, -0.05) is 11.8 Å². The van der Waals surface area contributed by atoms with Gasteiger partial charge in [0, 0.05) is 0 Å². The van der Waals surface area contributed by atoms with Gasteiger partial charge in [-0.3, -0.25) is 9.69 Å². The van der Waals surface area contributed by atoms with E-state index in [2.05, 4.69) is 0 Å². The van der Waals surface area contributed by atoms with E-state index in [-0.39, 0.29) is 51.6 Å². The first-order valence-electron chi connectivity index (χ1n) is 5.86. The van der Waals surface area contributed by atoms with E-state index in [1.165, 1.54) is 16.7 Å². The first-order valence-corrected chi connectivity index (χ1v) is 6.74. The standard InChI is InChI=1S/C13H11NO5S.Na/c1-18-7-2-4-8(5-3-7)19-13-11(12(16)17)14-9(15)6-10(14)20-13;/h2-5,10H,6H2,1H3,(H,16,17);/q;+1/p-1. The number of methoxy groups -OCH3 is 1. The average Bonchev–Trinajstić information content (AvgIpc) is 2.72. The Bertz CT molecular complexity index is 615. The average molecular weight is 315 g/mol. The molecule has 6 nitrogen and oxygen atoms in total. The van der Waals surface area contributed by atoms with Crippen LogP contribution in [0.15, 0.2) is 35.1 Å². The normalized spacial score (nSPS) is 19.6. The molecule has 104 valence electrons. The molecule has 1 atom stereocenters. The Labute approximate surface area is 147 Å². The summed E-state index contributed by atoms with van der Waals surface area (Å²) in [5.74, 6) is -0.488. The fraction of sp³-hybridized carbons (Fsp3) is 0.231. The van der Waals surface area contributed by atoms with Crippen LogP contribution in [0.5, 0.6) is 11.5 Å². The molecule has 1 fully saturated rings. The molecule has 1 amide bonds. The summed E-state index contributed by atoms with van der Waals surface area (Å²) in [6.45, 7) is 0. The van der Waals surface area contributed by atoms with Gasteiger partial charge in [-0.25, -0.2) is 0 Å². The number of β-lactam (4-membered cyclic amide) rings is 1. The SMILES string of the molecule is COc1ccc(OC2=C(C(=O)[O-])N3C(=O)CC3S2)cc1.[Na+]. The number of benzene rings is 1. The van der Waals surface area contributed by atoms with Crippen molar-refractivity contribution in [3.05, 3.63) is 35.1 Å². The van der Waals surface area contributed by atoms with E-state index < -0.39 is 5.97 Å². The predicted octanol–water partition coefficient (Wildman–Crippen LogP) is -2.70. The summed E-state index contributed by atoms with van der Waals surface area (Å²) in [5.41, 5.74) is -0.188. The summed E-state index contributed by atoms with van der Waals surface area (Å²) in [6, 6.07) is 6.73. The summed E-state index contributed by atoms with van der Waals surface area (Å²) in [4.78, 5) is 23.8. The van der Waals surface area contributed by atoms with Gasteiger partial charge < -0.3 is 19.4 Å². The van der Waals surface area contributed by atoms with Crippen LogP contribution in [0.4, 0.5) is 0 Å². The number of carbonyl (C=O) groups excluding carboxylic acids is 2. The molecule has 2 aliphatic rings. The molecule has 0 bridgehead atoms. The fourth-order valence-electron chi connectivity index (χ4n) is 2.03. The van der Waals surface area contributed by atoms with Gasteiger partial charge >= 0.3 is 29.6 Å². The second-order valence-corrected chi connectivity index (χ2v) is 5.39. The molecule has 1 aromatic rings. The van der Waals surface area contributed by atoms with Crippen LogP contribution in [-0.4, -0.2) is 29.3 Å². The van der Waals surface area contributed by atoms with Gasteiger partial charge in [-0.2, -0.15) is 0 Å². The summed E-state index contributed by atoms with van der Waals surface area (Å²) < 4.78 is 10.6. The van der Waals surface area contributed by atoms with Crippen LogP contribution >= 0.6 is 11.8 Å². The van der Waals surface area contributed by atoms with Crippen LogP contribution in [-0.2, 0) is 9.59 Å². The van der Waals surface area contributed by atoms with Crippen LogP contribution < -0.4 is 44.1 Å². The number of carbonyl (C=O) groups is 2. The summed E-state index contributed by atoms with van der Waals surface area (Å²) in [6.07, 6.45) is 0.316. The van der Waals surface area contributed by atoms with Crippen molar-refractivity contribution in [2.45, 2.75) is 11.8 Å². The Balaban J connectivity index is 0.00000161. The van der Waals surface area contributed by atoms with E-state index in [0.29, 0.717) is 17.9 Å². The molecular weight excluding hydrogens is 305 g/mol. The van der Waals surface area contributed by atoms with E-state index in [9.17, 15) is 14.7 Å². The van der Waals surface area contributed by atoms with Crippen molar-refractivity contribution in [1.82, 2.24) is 4.90 Å². The molecule has 3 rings (SSSR count). The Hall–Kier alpha value is -1.15. The summed E-state index contributed by atoms with van der Waals surface area (Å²) in [7, 11) is 1.55. The molecule has 2 aliphatic heterocycles. The van der Waals surface area contributed by atoms with Crippen molar-refractivity contribution in [2.75, 3.05) is 7.11 Å². The van der Waals surface area contributed by atoms with Crippen LogP contribution in [0, 0.1) is 0 Å². The van der Waals surface area contributed by atoms with Gasteiger partial charge in [-0.15, -0.1) is 0 Å². The third-order valence-corrected chi connectivity index (χ3v) is 4.19. The smallest absolute Gasteiger partial charge is 0.543 e. The van der Waals surface area contributed by atoms with Crippen molar-refractivity contribution >= 4 is 23.6 Å². The zero-order chi connectivity index (χ0) is 14.3. The minimum Gasteiger partial charge on any atom is -0.543 e. The zero-order valence-corrected chi connectivity index (χ0v) is 14.3. The van der Waals surface area contributed by atoms with Crippen molar-refractivity contribution in [3.8, 4) is 11.5 Å². The van der Waals surface area contributed by atoms with E-state index in [1.54, 1.807) is 31.4 Å². The summed E-state index contributed by atoms with van der Waals surface area (Å²) in [5, 5.41) is 11.2. The van der Waals surface area contributed by atoms with E-state index >= 15 is 0 Å². The van der Waals surface area contributed by atoms with E-state index in [0.717, 1.165) is 0 Å². The van der Waals surface area contributed by atoms with Gasteiger partial charge in [0.05, 0.1) is 24.9 Å². The molecule has 1 unspecified atom stereocenters. The number of rotatable bonds is 4. The van der Waals surface area contributed by atoms with Crippen molar-refractivity contribution in [1.29, 1.82) is 0 Å². The van der Waals surface area contributed by atoms with Crippen LogP contribution in [0.2, 0.25) is 0 Å². The molecule has 2 heterocycles. The molecule has 0 radical (unpaired) electrons. The Kier molecular flexibility index (Phi) is 4.88. The zero-order valence-electron chi connectivity index (χ0n) is 11.5. The van der Waals surface area contributed by atoms with Gasteiger partial charge in [-0.05, 0) is 24.3 Å². The minimum absolute atomic E-state index is 0. The Morgan fingerprint density at radius 3 is 2.48 bits per heavy atom. The number of carboxylic acids is 1. The number of amides is 1. The monoisotopic (exact) mass is 315 g/mol. The number of hydrogen-bond acceptors (Lipinski definition) is 6. The van der Waals surface area contributed by atoms with Gasteiger partial charge in [0.15, 0.2) is 5.09 Å². The number of fused-ring (bicyclic) bond motifs is 1. The summed E-state index contributed by atoms with van der Waals surface area (Å²) >= 11 is 1.22. The fourth-order valence-corrected chi connectivity index (χ4v) is 3.27. The maximum Gasteiger partial charge on any atom is 1.00 e. The van der Waals surface area contributed by atoms with E-state index in [4.69, 9.17) is 9.47 Å². The second-order valence-electron chi connectivity index (χ2n) is 4.24. The molecular formula is C13H10NNaO5S. The predicted molar refractivity (Wildman–Crippen MR) is 68.5 cm³/mol. The number of nitrogens with zero attached hydrogens (tertiary/aromatic N) is 1. The largest absolute Gasteiger partial charge is 1.00 e. The first-order chi connectivity index (χ1) is 9.60. The second kappa shape index (κ2) is 6.31. The van der Waals surface area contributed by atoms with Crippen molar-refractivity contribution in [3.63, 3.8) is 0 Å². The molecule has 0 spiro atoms. The van der Waals surface area contributed by atoms with Gasteiger partial charge in [0.25, 0.3) is 0 Å². The molecule has 8 heteroatoms. The number of aliphatic carboxylic acids is 1. The molecule has 0 aromatic heterocycles. The molecule has 1 aromatic carbocycles. The third-order valence-electron chi connectivity index (χ3n) is 3.05. The van der Waals surface area contributed by atoms with Crippen LogP contribution in [0.3, 0.4) is 0 Å².